The van der Waals surface area contributed by atoms with Crippen LogP contribution >= 0.6 is 11.8 Å². The summed E-state index contributed by atoms with van der Waals surface area (Å²) in [4.78, 5) is 16.6. The lowest BCUT2D eigenvalue weighted by Crippen LogP contribution is -2.19. The number of para-hydroxylation sites is 1. The predicted octanol–water partition coefficient (Wildman–Crippen LogP) is 4.28. The molecule has 1 amide bonds. The highest BCUT2D eigenvalue weighted by atomic mass is 32.2. The molecule has 1 fully saturated rings. The Hall–Kier alpha value is -2.71. The Bertz CT molecular complexity index is 805. The summed E-state index contributed by atoms with van der Waals surface area (Å²) >= 11 is 1.58. The van der Waals surface area contributed by atoms with Gasteiger partial charge in [0.25, 0.3) is 5.91 Å². The SMILES string of the molecule is N#C/C(=C/N1CCCC1)C(=O)Nc1ccccc1Sc1ccccc1. The van der Waals surface area contributed by atoms with E-state index in [9.17, 15) is 10.1 Å². The van der Waals surface area contributed by atoms with Crippen molar-refractivity contribution < 1.29 is 4.79 Å². The summed E-state index contributed by atoms with van der Waals surface area (Å²) in [5.41, 5.74) is 0.852. The number of amides is 1. The van der Waals surface area contributed by atoms with Gasteiger partial charge in [0.1, 0.15) is 11.6 Å². The van der Waals surface area contributed by atoms with Crippen molar-refractivity contribution in [3.63, 3.8) is 0 Å². The fraction of sp³-hybridized carbons (Fsp3) is 0.200. The molecule has 0 aliphatic carbocycles. The zero-order valence-corrected chi connectivity index (χ0v) is 14.6. The molecule has 1 N–H and O–H groups in total. The number of benzene rings is 2. The van der Waals surface area contributed by atoms with E-state index in [0.717, 1.165) is 35.7 Å². The number of likely N-dealkylation sites (tertiary alicyclic amines) is 1. The summed E-state index contributed by atoms with van der Waals surface area (Å²) in [6.07, 6.45) is 3.88. The molecule has 5 heteroatoms. The van der Waals surface area contributed by atoms with Gasteiger partial charge in [-0.3, -0.25) is 4.79 Å². The van der Waals surface area contributed by atoms with Crippen molar-refractivity contribution in [2.75, 3.05) is 18.4 Å². The van der Waals surface area contributed by atoms with E-state index in [2.05, 4.69) is 5.32 Å². The van der Waals surface area contributed by atoms with Gasteiger partial charge in [-0.2, -0.15) is 5.26 Å². The fourth-order valence-electron chi connectivity index (χ4n) is 2.66. The van der Waals surface area contributed by atoms with Gasteiger partial charge in [-0.25, -0.2) is 0 Å². The summed E-state index contributed by atoms with van der Waals surface area (Å²) in [6.45, 7) is 1.80. The van der Waals surface area contributed by atoms with E-state index in [1.165, 1.54) is 0 Å². The zero-order chi connectivity index (χ0) is 17.5. The lowest BCUT2D eigenvalue weighted by atomic mass is 10.2. The quantitative estimate of drug-likeness (QED) is 0.647. The van der Waals surface area contributed by atoms with E-state index in [1.807, 2.05) is 65.6 Å². The van der Waals surface area contributed by atoms with Crippen molar-refractivity contribution in [3.8, 4) is 6.07 Å². The Morgan fingerprint density at radius 1 is 1.08 bits per heavy atom. The summed E-state index contributed by atoms with van der Waals surface area (Å²) < 4.78 is 0. The van der Waals surface area contributed by atoms with Crippen molar-refractivity contribution in [3.05, 3.63) is 66.4 Å². The number of rotatable bonds is 5. The molecule has 0 atom stereocenters. The van der Waals surface area contributed by atoms with Crippen molar-refractivity contribution in [1.82, 2.24) is 4.90 Å². The van der Waals surface area contributed by atoms with Crippen LogP contribution in [0.15, 0.2) is 76.2 Å². The second-order valence-corrected chi connectivity index (χ2v) is 6.88. The minimum atomic E-state index is -0.365. The first-order valence-corrected chi connectivity index (χ1v) is 9.07. The molecule has 2 aromatic rings. The van der Waals surface area contributed by atoms with Crippen molar-refractivity contribution in [2.45, 2.75) is 22.6 Å². The van der Waals surface area contributed by atoms with Gasteiger partial charge in [-0.05, 0) is 37.1 Å². The minimum Gasteiger partial charge on any atom is -0.376 e. The number of nitrogens with zero attached hydrogens (tertiary/aromatic N) is 2. The normalized spacial score (nSPS) is 14.2. The number of hydrogen-bond acceptors (Lipinski definition) is 4. The van der Waals surface area contributed by atoms with Gasteiger partial charge in [-0.15, -0.1) is 0 Å². The first kappa shape index (κ1) is 17.1. The van der Waals surface area contributed by atoms with Crippen LogP contribution in [0.5, 0.6) is 0 Å². The Labute approximate surface area is 152 Å². The molecule has 0 bridgehead atoms. The van der Waals surface area contributed by atoms with Crippen LogP contribution in [0.4, 0.5) is 5.69 Å². The summed E-state index contributed by atoms with van der Waals surface area (Å²) in [7, 11) is 0. The standard InChI is InChI=1S/C20H19N3OS/c21-14-16(15-23-12-6-7-13-23)20(24)22-18-10-4-5-11-19(18)25-17-8-2-1-3-9-17/h1-5,8-11,15H,6-7,12-13H2,(H,22,24)/b16-15-. The largest absolute Gasteiger partial charge is 0.376 e. The highest BCUT2D eigenvalue weighted by Crippen LogP contribution is 2.33. The molecule has 1 aliphatic rings. The Morgan fingerprint density at radius 2 is 1.76 bits per heavy atom. The highest BCUT2D eigenvalue weighted by molar-refractivity contribution is 7.99. The molecule has 0 radical (unpaired) electrons. The Balaban J connectivity index is 1.76. The Morgan fingerprint density at radius 3 is 2.48 bits per heavy atom. The number of nitriles is 1. The van der Waals surface area contributed by atoms with E-state index in [-0.39, 0.29) is 11.5 Å². The third-order valence-corrected chi connectivity index (χ3v) is 5.01. The van der Waals surface area contributed by atoms with Crippen LogP contribution in [-0.2, 0) is 4.79 Å². The molecule has 4 nitrogen and oxygen atoms in total. The van der Waals surface area contributed by atoms with Gasteiger partial charge in [0.2, 0.25) is 0 Å². The zero-order valence-electron chi connectivity index (χ0n) is 13.8. The average Bonchev–Trinajstić information content (AvgIpc) is 3.15. The van der Waals surface area contributed by atoms with Crippen LogP contribution in [-0.4, -0.2) is 23.9 Å². The number of hydrogen-bond donors (Lipinski definition) is 1. The van der Waals surface area contributed by atoms with Gasteiger partial charge in [0.05, 0.1) is 5.69 Å². The second kappa shape index (κ2) is 8.41. The molecule has 1 heterocycles. The molecule has 1 saturated heterocycles. The lowest BCUT2D eigenvalue weighted by molar-refractivity contribution is -0.112. The number of carbonyl (C=O) groups is 1. The molecule has 0 unspecified atom stereocenters. The van der Waals surface area contributed by atoms with Crippen molar-refractivity contribution in [1.29, 1.82) is 5.26 Å². The predicted molar refractivity (Wildman–Crippen MR) is 100 cm³/mol. The highest BCUT2D eigenvalue weighted by Gasteiger charge is 2.15. The molecule has 0 spiro atoms. The minimum absolute atomic E-state index is 0.140. The van der Waals surface area contributed by atoms with Gasteiger partial charge in [0.15, 0.2) is 0 Å². The third kappa shape index (κ3) is 4.65. The van der Waals surface area contributed by atoms with Crippen LogP contribution in [0.3, 0.4) is 0 Å². The third-order valence-electron chi connectivity index (χ3n) is 3.92. The summed E-state index contributed by atoms with van der Waals surface area (Å²) in [6, 6.07) is 19.6. The molecule has 0 aromatic heterocycles. The number of nitrogens with one attached hydrogen (secondary N) is 1. The molecule has 2 aromatic carbocycles. The van der Waals surface area contributed by atoms with E-state index >= 15 is 0 Å². The second-order valence-electron chi connectivity index (χ2n) is 5.76. The van der Waals surface area contributed by atoms with Gasteiger partial charge >= 0.3 is 0 Å². The molecule has 0 saturated carbocycles. The van der Waals surface area contributed by atoms with Crippen LogP contribution in [0, 0.1) is 11.3 Å². The monoisotopic (exact) mass is 349 g/mol. The van der Waals surface area contributed by atoms with E-state index in [0.29, 0.717) is 5.69 Å². The van der Waals surface area contributed by atoms with Gasteiger partial charge in [0, 0.05) is 29.1 Å². The van der Waals surface area contributed by atoms with Crippen LogP contribution in [0.1, 0.15) is 12.8 Å². The van der Waals surface area contributed by atoms with Crippen molar-refractivity contribution in [2.24, 2.45) is 0 Å². The lowest BCUT2D eigenvalue weighted by Gasteiger charge is -2.13. The maximum absolute atomic E-state index is 12.5. The number of carbonyl (C=O) groups excluding carboxylic acids is 1. The molecular weight excluding hydrogens is 330 g/mol. The first-order valence-electron chi connectivity index (χ1n) is 8.25. The maximum Gasteiger partial charge on any atom is 0.267 e. The van der Waals surface area contributed by atoms with Crippen molar-refractivity contribution >= 4 is 23.4 Å². The number of anilines is 1. The molecule has 1 aliphatic heterocycles. The summed E-state index contributed by atoms with van der Waals surface area (Å²) in [5.74, 6) is -0.365. The Kier molecular flexibility index (Phi) is 5.76. The van der Waals surface area contributed by atoms with Crippen LogP contribution < -0.4 is 5.32 Å². The smallest absolute Gasteiger partial charge is 0.267 e. The topological polar surface area (TPSA) is 56.1 Å². The molecular formula is C20H19N3OS. The molecule has 126 valence electrons. The van der Waals surface area contributed by atoms with E-state index in [1.54, 1.807) is 18.0 Å². The van der Waals surface area contributed by atoms with Gasteiger partial charge < -0.3 is 10.2 Å². The molecule has 3 rings (SSSR count). The van der Waals surface area contributed by atoms with E-state index < -0.39 is 0 Å². The van der Waals surface area contributed by atoms with Crippen LogP contribution in [0.2, 0.25) is 0 Å². The fourth-order valence-corrected chi connectivity index (χ4v) is 3.58. The average molecular weight is 349 g/mol. The van der Waals surface area contributed by atoms with Crippen LogP contribution in [0.25, 0.3) is 0 Å². The summed E-state index contributed by atoms with van der Waals surface area (Å²) in [5, 5.41) is 12.2. The first-order chi connectivity index (χ1) is 12.3. The van der Waals surface area contributed by atoms with Gasteiger partial charge in [-0.1, -0.05) is 42.1 Å². The maximum atomic E-state index is 12.5. The molecule has 25 heavy (non-hydrogen) atoms. The van der Waals surface area contributed by atoms with E-state index in [4.69, 9.17) is 0 Å².